The predicted octanol–water partition coefficient (Wildman–Crippen LogP) is 3.55. The molecule has 1 fully saturated rings. The van der Waals surface area contributed by atoms with Crippen LogP contribution in [0.3, 0.4) is 0 Å². The van der Waals surface area contributed by atoms with Crippen molar-refractivity contribution in [3.63, 3.8) is 0 Å². The van der Waals surface area contributed by atoms with E-state index in [0.717, 1.165) is 16.8 Å². The molecule has 2 aromatic rings. The molecule has 0 saturated carbocycles. The predicted molar refractivity (Wildman–Crippen MR) is 111 cm³/mol. The number of methoxy groups -OCH3 is 1. The summed E-state index contributed by atoms with van der Waals surface area (Å²) in [6.45, 7) is 5.43. The van der Waals surface area contributed by atoms with E-state index in [1.165, 1.54) is 7.11 Å². The number of esters is 1. The van der Waals surface area contributed by atoms with E-state index in [9.17, 15) is 4.79 Å². The number of carbonyl (C=O) groups is 1. The van der Waals surface area contributed by atoms with Gasteiger partial charge < -0.3 is 24.3 Å². The summed E-state index contributed by atoms with van der Waals surface area (Å²) in [6.07, 6.45) is -0.0129. The number of ether oxygens (including phenoxy) is 4. The summed E-state index contributed by atoms with van der Waals surface area (Å²) in [5.74, 6) is -0.889. The summed E-state index contributed by atoms with van der Waals surface area (Å²) >= 11 is 0. The lowest BCUT2D eigenvalue weighted by Crippen LogP contribution is -2.33. The third-order valence-corrected chi connectivity index (χ3v) is 4.72. The highest BCUT2D eigenvalue weighted by molar-refractivity contribution is 5.72. The van der Waals surface area contributed by atoms with Gasteiger partial charge in [-0.3, -0.25) is 4.79 Å². The maximum absolute atomic E-state index is 11.4. The molecule has 2 atom stereocenters. The van der Waals surface area contributed by atoms with Crippen LogP contribution in [0.5, 0.6) is 0 Å². The molecule has 1 heterocycles. The van der Waals surface area contributed by atoms with Crippen LogP contribution < -0.4 is 5.32 Å². The molecule has 0 aromatic heterocycles. The van der Waals surface area contributed by atoms with Crippen molar-refractivity contribution in [2.75, 3.05) is 25.6 Å². The molecular formula is C23H29NO5. The fraction of sp³-hybridized carbons (Fsp3) is 0.435. The van der Waals surface area contributed by atoms with Crippen molar-refractivity contribution in [3.8, 4) is 0 Å². The van der Waals surface area contributed by atoms with Gasteiger partial charge in [-0.1, -0.05) is 42.5 Å². The quantitative estimate of drug-likeness (QED) is 0.651. The lowest BCUT2D eigenvalue weighted by atomic mass is 10.1. The van der Waals surface area contributed by atoms with Gasteiger partial charge in [0.05, 0.1) is 26.7 Å². The summed E-state index contributed by atoms with van der Waals surface area (Å²) in [4.78, 5) is 11.4. The van der Waals surface area contributed by atoms with Crippen molar-refractivity contribution in [2.45, 2.75) is 44.9 Å². The van der Waals surface area contributed by atoms with Gasteiger partial charge in [0.1, 0.15) is 12.2 Å². The molecule has 29 heavy (non-hydrogen) atoms. The zero-order chi connectivity index (χ0) is 20.7. The summed E-state index contributed by atoms with van der Waals surface area (Å²) in [6, 6.07) is 17.8. The second-order valence-electron chi connectivity index (χ2n) is 7.54. The minimum atomic E-state index is -0.641. The fourth-order valence-corrected chi connectivity index (χ4v) is 3.29. The Balaban J connectivity index is 1.50. The van der Waals surface area contributed by atoms with E-state index < -0.39 is 5.79 Å². The highest BCUT2D eigenvalue weighted by atomic mass is 16.8. The van der Waals surface area contributed by atoms with E-state index in [1.807, 2.05) is 68.4 Å². The van der Waals surface area contributed by atoms with Crippen molar-refractivity contribution in [1.82, 2.24) is 0 Å². The van der Waals surface area contributed by atoms with Gasteiger partial charge in [-0.05, 0) is 37.1 Å². The van der Waals surface area contributed by atoms with Gasteiger partial charge in [0.15, 0.2) is 5.79 Å². The van der Waals surface area contributed by atoms with Gasteiger partial charge in [0, 0.05) is 12.2 Å². The third-order valence-electron chi connectivity index (χ3n) is 4.72. The molecule has 0 spiro atoms. The average molecular weight is 399 g/mol. The number of hydrogen-bond acceptors (Lipinski definition) is 6. The second-order valence-corrected chi connectivity index (χ2v) is 7.54. The van der Waals surface area contributed by atoms with Crippen molar-refractivity contribution < 1.29 is 23.7 Å². The molecule has 1 aliphatic heterocycles. The molecule has 2 unspecified atom stereocenters. The molecule has 2 aromatic carbocycles. The first-order valence-electron chi connectivity index (χ1n) is 9.82. The number of rotatable bonds is 9. The number of benzene rings is 2. The largest absolute Gasteiger partial charge is 0.469 e. The highest BCUT2D eigenvalue weighted by Crippen LogP contribution is 2.29. The van der Waals surface area contributed by atoms with E-state index >= 15 is 0 Å². The fourth-order valence-electron chi connectivity index (χ4n) is 3.29. The number of anilines is 1. The molecule has 3 rings (SSSR count). The molecule has 156 valence electrons. The number of nitrogens with one attached hydrogen (secondary N) is 1. The van der Waals surface area contributed by atoms with Crippen molar-refractivity contribution in [1.29, 1.82) is 0 Å². The maximum atomic E-state index is 11.4. The van der Waals surface area contributed by atoms with Crippen LogP contribution in [0.4, 0.5) is 5.69 Å². The Morgan fingerprint density at radius 1 is 1.00 bits per heavy atom. The van der Waals surface area contributed by atoms with Gasteiger partial charge in [0.2, 0.25) is 0 Å². The van der Waals surface area contributed by atoms with Gasteiger partial charge in [-0.25, -0.2) is 0 Å². The van der Waals surface area contributed by atoms with Crippen molar-refractivity contribution in [2.24, 2.45) is 0 Å². The molecule has 0 bridgehead atoms. The number of carbonyl (C=O) groups excluding carboxylic acids is 1. The first-order valence-corrected chi connectivity index (χ1v) is 9.82. The van der Waals surface area contributed by atoms with Gasteiger partial charge >= 0.3 is 5.97 Å². The van der Waals surface area contributed by atoms with Crippen LogP contribution in [0.25, 0.3) is 0 Å². The van der Waals surface area contributed by atoms with E-state index in [4.69, 9.17) is 18.9 Å². The smallest absolute Gasteiger partial charge is 0.309 e. The SMILES string of the molecule is COC(=O)Cc1ccc(NCC2OC(C)(C)OC2COCc2ccccc2)cc1. The second kappa shape index (κ2) is 9.87. The highest BCUT2D eigenvalue weighted by Gasteiger charge is 2.41. The Labute approximate surface area is 172 Å². The van der Waals surface area contributed by atoms with Crippen LogP contribution in [0, 0.1) is 0 Å². The first-order chi connectivity index (χ1) is 13.9. The Morgan fingerprint density at radius 3 is 2.38 bits per heavy atom. The van der Waals surface area contributed by atoms with Crippen LogP contribution in [-0.4, -0.2) is 44.2 Å². The molecule has 6 nitrogen and oxygen atoms in total. The van der Waals surface area contributed by atoms with Crippen molar-refractivity contribution in [3.05, 3.63) is 65.7 Å². The normalized spacial score (nSPS) is 20.4. The topological polar surface area (TPSA) is 66.0 Å². The summed E-state index contributed by atoms with van der Waals surface area (Å²) < 4.78 is 22.6. The van der Waals surface area contributed by atoms with Gasteiger partial charge in [0.25, 0.3) is 0 Å². The monoisotopic (exact) mass is 399 g/mol. The lowest BCUT2D eigenvalue weighted by Gasteiger charge is -2.18. The Bertz CT molecular complexity index is 776. The molecule has 1 aliphatic rings. The van der Waals surface area contributed by atoms with Crippen LogP contribution in [0.1, 0.15) is 25.0 Å². The van der Waals surface area contributed by atoms with Crippen LogP contribution in [0.2, 0.25) is 0 Å². The molecular weight excluding hydrogens is 370 g/mol. The molecule has 0 aliphatic carbocycles. The van der Waals surface area contributed by atoms with E-state index in [0.29, 0.717) is 19.8 Å². The zero-order valence-electron chi connectivity index (χ0n) is 17.2. The number of hydrogen-bond donors (Lipinski definition) is 1. The standard InChI is InChI=1S/C23H29NO5/c1-23(2)28-20(21(29-23)16-27-15-18-7-5-4-6-8-18)14-24-19-11-9-17(10-12-19)13-22(25)26-3/h4-12,20-21,24H,13-16H2,1-3H3. The minimum absolute atomic E-state index is 0.129. The molecule has 1 N–H and O–H groups in total. The average Bonchev–Trinajstić information content (AvgIpc) is 3.01. The zero-order valence-corrected chi connectivity index (χ0v) is 17.2. The van der Waals surface area contributed by atoms with Crippen LogP contribution in [-0.2, 0) is 36.8 Å². The maximum Gasteiger partial charge on any atom is 0.309 e. The van der Waals surface area contributed by atoms with E-state index in [-0.39, 0.29) is 24.6 Å². The molecule has 1 saturated heterocycles. The Morgan fingerprint density at radius 2 is 1.69 bits per heavy atom. The Hall–Kier alpha value is -2.41. The van der Waals surface area contributed by atoms with Gasteiger partial charge in [-0.15, -0.1) is 0 Å². The Kier molecular flexibility index (Phi) is 7.25. The summed E-state index contributed by atoms with van der Waals surface area (Å²) in [5.41, 5.74) is 3.00. The molecule has 0 radical (unpaired) electrons. The van der Waals surface area contributed by atoms with E-state index in [1.54, 1.807) is 0 Å². The minimum Gasteiger partial charge on any atom is -0.469 e. The van der Waals surface area contributed by atoms with Crippen LogP contribution in [0.15, 0.2) is 54.6 Å². The first kappa shape index (κ1) is 21.3. The molecule has 0 amide bonds. The van der Waals surface area contributed by atoms with Gasteiger partial charge in [-0.2, -0.15) is 0 Å². The third kappa shape index (κ3) is 6.56. The van der Waals surface area contributed by atoms with E-state index in [2.05, 4.69) is 5.32 Å². The summed E-state index contributed by atoms with van der Waals surface area (Å²) in [5, 5.41) is 3.38. The van der Waals surface area contributed by atoms with Crippen LogP contribution >= 0.6 is 0 Å². The van der Waals surface area contributed by atoms with Crippen molar-refractivity contribution >= 4 is 11.7 Å². The lowest BCUT2D eigenvalue weighted by molar-refractivity contribution is -0.150. The summed E-state index contributed by atoms with van der Waals surface area (Å²) in [7, 11) is 1.39. The molecule has 6 heteroatoms.